The SMILES string of the molecule is NCC(O)c1cccc2c1Cc1ccccc1-2. The van der Waals surface area contributed by atoms with Crippen LogP contribution >= 0.6 is 0 Å². The van der Waals surface area contributed by atoms with Gasteiger partial charge in [0, 0.05) is 6.54 Å². The molecule has 3 N–H and O–H groups in total. The Morgan fingerprint density at radius 3 is 2.65 bits per heavy atom. The summed E-state index contributed by atoms with van der Waals surface area (Å²) >= 11 is 0. The average molecular weight is 225 g/mol. The fourth-order valence-electron chi connectivity index (χ4n) is 2.62. The maximum Gasteiger partial charge on any atom is 0.0915 e. The Balaban J connectivity index is 2.17. The van der Waals surface area contributed by atoms with E-state index in [2.05, 4.69) is 30.3 Å². The van der Waals surface area contributed by atoms with Crippen LogP contribution in [0.15, 0.2) is 42.5 Å². The number of rotatable bonds is 2. The van der Waals surface area contributed by atoms with Crippen molar-refractivity contribution >= 4 is 0 Å². The molecule has 17 heavy (non-hydrogen) atoms. The topological polar surface area (TPSA) is 46.2 Å². The predicted octanol–water partition coefficient (Wildman–Crippen LogP) is 2.25. The molecule has 2 nitrogen and oxygen atoms in total. The van der Waals surface area contributed by atoms with Crippen molar-refractivity contribution in [2.24, 2.45) is 5.73 Å². The summed E-state index contributed by atoms with van der Waals surface area (Å²) < 4.78 is 0. The van der Waals surface area contributed by atoms with Crippen molar-refractivity contribution < 1.29 is 5.11 Å². The van der Waals surface area contributed by atoms with Crippen molar-refractivity contribution in [1.29, 1.82) is 0 Å². The van der Waals surface area contributed by atoms with Gasteiger partial charge in [-0.15, -0.1) is 0 Å². The lowest BCUT2D eigenvalue weighted by atomic mass is 9.97. The second kappa shape index (κ2) is 3.99. The third-order valence-corrected chi connectivity index (χ3v) is 3.47. The van der Waals surface area contributed by atoms with E-state index in [1.54, 1.807) is 0 Å². The van der Waals surface area contributed by atoms with Gasteiger partial charge >= 0.3 is 0 Å². The largest absolute Gasteiger partial charge is 0.387 e. The highest BCUT2D eigenvalue weighted by atomic mass is 16.3. The number of nitrogens with two attached hydrogens (primary N) is 1. The minimum atomic E-state index is -0.556. The van der Waals surface area contributed by atoms with Crippen molar-refractivity contribution in [1.82, 2.24) is 0 Å². The van der Waals surface area contributed by atoms with Crippen LogP contribution in [0.2, 0.25) is 0 Å². The zero-order chi connectivity index (χ0) is 11.8. The Morgan fingerprint density at radius 2 is 1.82 bits per heavy atom. The van der Waals surface area contributed by atoms with Gasteiger partial charge in [0.25, 0.3) is 0 Å². The van der Waals surface area contributed by atoms with Crippen LogP contribution in [0.1, 0.15) is 22.8 Å². The molecule has 0 fully saturated rings. The molecule has 0 heterocycles. The fourth-order valence-corrected chi connectivity index (χ4v) is 2.62. The summed E-state index contributed by atoms with van der Waals surface area (Å²) in [6.07, 6.45) is 0.345. The first kappa shape index (κ1) is 10.5. The third kappa shape index (κ3) is 1.57. The van der Waals surface area contributed by atoms with Gasteiger partial charge in [-0.3, -0.25) is 0 Å². The van der Waals surface area contributed by atoms with E-state index >= 15 is 0 Å². The smallest absolute Gasteiger partial charge is 0.0915 e. The second-order valence-electron chi connectivity index (χ2n) is 4.46. The first-order valence-electron chi connectivity index (χ1n) is 5.89. The number of aliphatic hydroxyl groups excluding tert-OH is 1. The zero-order valence-electron chi connectivity index (χ0n) is 9.56. The van der Waals surface area contributed by atoms with Crippen LogP contribution in [0, 0.1) is 0 Å². The molecule has 3 rings (SSSR count). The Morgan fingerprint density at radius 1 is 1.06 bits per heavy atom. The molecule has 2 aromatic rings. The molecule has 0 radical (unpaired) electrons. The van der Waals surface area contributed by atoms with Crippen molar-refractivity contribution in [2.75, 3.05) is 6.54 Å². The number of aliphatic hydroxyl groups is 1. The molecule has 1 atom stereocenters. The van der Waals surface area contributed by atoms with Crippen molar-refractivity contribution in [3.8, 4) is 11.1 Å². The molecule has 1 aliphatic rings. The van der Waals surface area contributed by atoms with Crippen LogP contribution in [0.4, 0.5) is 0 Å². The molecule has 2 heteroatoms. The Labute approximate surface area is 101 Å². The lowest BCUT2D eigenvalue weighted by Gasteiger charge is -2.13. The normalized spacial score (nSPS) is 14.2. The standard InChI is InChI=1S/C15H15NO/c16-9-15(17)13-7-3-6-12-11-5-2-1-4-10(11)8-14(12)13/h1-7,15,17H,8-9,16H2. The number of hydrogen-bond acceptors (Lipinski definition) is 2. The van der Waals surface area contributed by atoms with Crippen LogP contribution in [0.25, 0.3) is 11.1 Å². The highest BCUT2D eigenvalue weighted by Gasteiger charge is 2.22. The lowest BCUT2D eigenvalue weighted by Crippen LogP contribution is -2.13. The highest BCUT2D eigenvalue weighted by molar-refractivity contribution is 5.77. The fraction of sp³-hybridized carbons (Fsp3) is 0.200. The zero-order valence-corrected chi connectivity index (χ0v) is 9.56. The Bertz CT molecular complexity index is 563. The van der Waals surface area contributed by atoms with Gasteiger partial charge in [-0.25, -0.2) is 0 Å². The van der Waals surface area contributed by atoms with Crippen molar-refractivity contribution in [3.05, 3.63) is 59.2 Å². The van der Waals surface area contributed by atoms with Gasteiger partial charge in [-0.2, -0.15) is 0 Å². The van der Waals surface area contributed by atoms with E-state index in [1.165, 1.54) is 22.3 Å². The molecule has 0 aromatic heterocycles. The van der Waals surface area contributed by atoms with Crippen LogP contribution < -0.4 is 5.73 Å². The summed E-state index contributed by atoms with van der Waals surface area (Å²) in [5.41, 5.74) is 11.6. The molecule has 2 aromatic carbocycles. The summed E-state index contributed by atoms with van der Waals surface area (Å²) in [4.78, 5) is 0. The summed E-state index contributed by atoms with van der Waals surface area (Å²) in [7, 11) is 0. The van der Waals surface area contributed by atoms with Gasteiger partial charge in [0.05, 0.1) is 6.10 Å². The third-order valence-electron chi connectivity index (χ3n) is 3.47. The van der Waals surface area contributed by atoms with Crippen LogP contribution in [-0.2, 0) is 6.42 Å². The van der Waals surface area contributed by atoms with E-state index in [-0.39, 0.29) is 6.54 Å². The van der Waals surface area contributed by atoms with E-state index in [1.807, 2.05) is 12.1 Å². The minimum Gasteiger partial charge on any atom is -0.387 e. The maximum absolute atomic E-state index is 9.95. The highest BCUT2D eigenvalue weighted by Crippen LogP contribution is 2.39. The lowest BCUT2D eigenvalue weighted by molar-refractivity contribution is 0.186. The van der Waals surface area contributed by atoms with Crippen LogP contribution in [0.5, 0.6) is 0 Å². The Kier molecular flexibility index (Phi) is 2.46. The van der Waals surface area contributed by atoms with Crippen LogP contribution in [-0.4, -0.2) is 11.7 Å². The molecule has 1 aliphatic carbocycles. The van der Waals surface area contributed by atoms with Gasteiger partial charge in [-0.05, 0) is 34.2 Å². The van der Waals surface area contributed by atoms with Gasteiger partial charge in [-0.1, -0.05) is 42.5 Å². The van der Waals surface area contributed by atoms with Gasteiger partial charge in [0.15, 0.2) is 0 Å². The molecule has 0 saturated carbocycles. The summed E-state index contributed by atoms with van der Waals surface area (Å²) in [5, 5.41) is 9.95. The minimum absolute atomic E-state index is 0.271. The van der Waals surface area contributed by atoms with Crippen molar-refractivity contribution in [2.45, 2.75) is 12.5 Å². The summed E-state index contributed by atoms with van der Waals surface area (Å²) in [6.45, 7) is 0.271. The molecule has 0 bridgehead atoms. The molecule has 86 valence electrons. The molecule has 1 unspecified atom stereocenters. The molecule has 0 amide bonds. The molecule has 0 spiro atoms. The molecule has 0 aliphatic heterocycles. The molecule has 0 saturated heterocycles. The van der Waals surface area contributed by atoms with E-state index in [0.29, 0.717) is 0 Å². The molecular weight excluding hydrogens is 210 g/mol. The van der Waals surface area contributed by atoms with Crippen LogP contribution in [0.3, 0.4) is 0 Å². The number of benzene rings is 2. The monoisotopic (exact) mass is 225 g/mol. The van der Waals surface area contributed by atoms with Gasteiger partial charge < -0.3 is 10.8 Å². The quantitative estimate of drug-likeness (QED) is 0.702. The number of fused-ring (bicyclic) bond motifs is 3. The van der Waals surface area contributed by atoms with E-state index in [0.717, 1.165) is 12.0 Å². The first-order chi connectivity index (χ1) is 8.31. The summed E-state index contributed by atoms with van der Waals surface area (Å²) in [6, 6.07) is 14.5. The van der Waals surface area contributed by atoms with Crippen molar-refractivity contribution in [3.63, 3.8) is 0 Å². The maximum atomic E-state index is 9.95. The summed E-state index contributed by atoms with van der Waals surface area (Å²) in [5.74, 6) is 0. The van der Waals surface area contributed by atoms with Gasteiger partial charge in [0.2, 0.25) is 0 Å². The predicted molar refractivity (Wildman–Crippen MR) is 68.7 cm³/mol. The van der Waals surface area contributed by atoms with E-state index in [4.69, 9.17) is 5.73 Å². The number of hydrogen-bond donors (Lipinski definition) is 2. The molecular formula is C15H15NO. The second-order valence-corrected chi connectivity index (χ2v) is 4.46. The Hall–Kier alpha value is -1.64. The average Bonchev–Trinajstić information content (AvgIpc) is 2.76. The first-order valence-corrected chi connectivity index (χ1v) is 5.89. The van der Waals surface area contributed by atoms with E-state index < -0.39 is 6.10 Å². The van der Waals surface area contributed by atoms with E-state index in [9.17, 15) is 5.11 Å². The van der Waals surface area contributed by atoms with Gasteiger partial charge in [0.1, 0.15) is 0 Å².